The van der Waals surface area contributed by atoms with Crippen LogP contribution in [-0.4, -0.2) is 34.0 Å². The molecule has 2 aromatic carbocycles. The zero-order valence-corrected chi connectivity index (χ0v) is 17.7. The number of halogens is 4. The van der Waals surface area contributed by atoms with Crippen molar-refractivity contribution in [2.24, 2.45) is 5.92 Å². The van der Waals surface area contributed by atoms with Crippen molar-refractivity contribution in [3.63, 3.8) is 0 Å². The predicted octanol–water partition coefficient (Wildman–Crippen LogP) is 5.26. The molecule has 0 bridgehead atoms. The number of likely N-dealkylation sites (tertiary alicyclic amines) is 1. The fourth-order valence-electron chi connectivity index (χ4n) is 3.63. The number of nitrogens with zero attached hydrogens (tertiary/aromatic N) is 3. The lowest BCUT2D eigenvalue weighted by molar-refractivity contribution is -0.137. The van der Waals surface area contributed by atoms with Crippen LogP contribution in [0.3, 0.4) is 0 Å². The number of benzene rings is 2. The van der Waals surface area contributed by atoms with Crippen LogP contribution in [-0.2, 0) is 17.5 Å². The highest BCUT2D eigenvalue weighted by molar-refractivity contribution is 6.31. The minimum Gasteiger partial charge on any atom is -0.338 e. The third kappa shape index (κ3) is 5.28. The summed E-state index contributed by atoms with van der Waals surface area (Å²) in [6.45, 7) is 1.74. The largest absolute Gasteiger partial charge is 0.417 e. The molecule has 1 amide bonds. The van der Waals surface area contributed by atoms with Gasteiger partial charge in [-0.15, -0.1) is 0 Å². The number of rotatable bonds is 5. The minimum atomic E-state index is -4.59. The molecule has 0 saturated carbocycles. The Morgan fingerprint density at radius 1 is 1.16 bits per heavy atom. The SMILES string of the molecule is O=C(Nc1ccc(Cl)c(C(F)(F)F)c1)C1CCN(Cc2nc(-c3ccccc3)no2)CC1. The summed E-state index contributed by atoms with van der Waals surface area (Å²) in [6, 6.07) is 12.9. The molecule has 1 N–H and O–H groups in total. The Hall–Kier alpha value is -2.91. The van der Waals surface area contributed by atoms with Crippen LogP contribution in [0.15, 0.2) is 53.1 Å². The maximum atomic E-state index is 13.0. The van der Waals surface area contributed by atoms with Crippen molar-refractivity contribution >= 4 is 23.2 Å². The second-order valence-electron chi connectivity index (χ2n) is 7.61. The maximum Gasteiger partial charge on any atom is 0.417 e. The Labute approximate surface area is 187 Å². The molecule has 4 rings (SSSR count). The second kappa shape index (κ2) is 9.30. The van der Waals surface area contributed by atoms with E-state index in [0.29, 0.717) is 44.2 Å². The van der Waals surface area contributed by atoms with E-state index in [2.05, 4.69) is 20.4 Å². The highest BCUT2D eigenvalue weighted by Crippen LogP contribution is 2.36. The van der Waals surface area contributed by atoms with Crippen molar-refractivity contribution in [3.05, 3.63) is 65.0 Å². The van der Waals surface area contributed by atoms with Crippen molar-refractivity contribution in [3.8, 4) is 11.4 Å². The Morgan fingerprint density at radius 3 is 2.56 bits per heavy atom. The van der Waals surface area contributed by atoms with Gasteiger partial charge in [0.15, 0.2) is 0 Å². The first-order valence-electron chi connectivity index (χ1n) is 10.1. The number of carbonyl (C=O) groups is 1. The number of piperidine rings is 1. The van der Waals surface area contributed by atoms with Gasteiger partial charge >= 0.3 is 6.18 Å². The number of alkyl halides is 3. The fraction of sp³-hybridized carbons (Fsp3) is 0.318. The van der Waals surface area contributed by atoms with Crippen LogP contribution in [0, 0.1) is 5.92 Å². The van der Waals surface area contributed by atoms with E-state index in [1.807, 2.05) is 30.3 Å². The smallest absolute Gasteiger partial charge is 0.338 e. The van der Waals surface area contributed by atoms with Crippen LogP contribution in [0.1, 0.15) is 24.3 Å². The summed E-state index contributed by atoms with van der Waals surface area (Å²) in [6.07, 6.45) is -3.44. The monoisotopic (exact) mass is 464 g/mol. The zero-order valence-electron chi connectivity index (χ0n) is 16.9. The summed E-state index contributed by atoms with van der Waals surface area (Å²) in [4.78, 5) is 19.1. The topological polar surface area (TPSA) is 71.3 Å². The first-order valence-corrected chi connectivity index (χ1v) is 10.5. The van der Waals surface area contributed by atoms with E-state index in [1.54, 1.807) is 0 Å². The molecule has 6 nitrogen and oxygen atoms in total. The number of amides is 1. The predicted molar refractivity (Wildman–Crippen MR) is 113 cm³/mol. The van der Waals surface area contributed by atoms with Crippen LogP contribution in [0.25, 0.3) is 11.4 Å². The van der Waals surface area contributed by atoms with Crippen LogP contribution in [0.4, 0.5) is 18.9 Å². The average Bonchev–Trinajstić information content (AvgIpc) is 3.24. The molecule has 1 aliphatic rings. The molecule has 32 heavy (non-hydrogen) atoms. The summed E-state index contributed by atoms with van der Waals surface area (Å²) < 4.78 is 44.4. The van der Waals surface area contributed by atoms with Gasteiger partial charge in [-0.3, -0.25) is 9.69 Å². The lowest BCUT2D eigenvalue weighted by Crippen LogP contribution is -2.37. The summed E-state index contributed by atoms with van der Waals surface area (Å²) >= 11 is 5.63. The van der Waals surface area contributed by atoms with Gasteiger partial charge < -0.3 is 9.84 Å². The first-order chi connectivity index (χ1) is 15.3. The normalized spacial score (nSPS) is 15.6. The molecule has 0 aliphatic carbocycles. The zero-order chi connectivity index (χ0) is 22.7. The van der Waals surface area contributed by atoms with E-state index < -0.39 is 16.8 Å². The Morgan fingerprint density at radius 2 is 1.88 bits per heavy atom. The number of hydrogen-bond acceptors (Lipinski definition) is 5. The molecule has 1 aromatic heterocycles. The van der Waals surface area contributed by atoms with Gasteiger partial charge in [0.2, 0.25) is 17.6 Å². The summed E-state index contributed by atoms with van der Waals surface area (Å²) in [5.41, 5.74) is -0.0246. The van der Waals surface area contributed by atoms with E-state index in [4.69, 9.17) is 16.1 Å². The van der Waals surface area contributed by atoms with Crippen LogP contribution < -0.4 is 5.32 Å². The van der Waals surface area contributed by atoms with E-state index in [1.165, 1.54) is 6.07 Å². The van der Waals surface area contributed by atoms with Crippen molar-refractivity contribution in [1.82, 2.24) is 15.0 Å². The summed E-state index contributed by atoms with van der Waals surface area (Å²) in [5.74, 6) is 0.423. The number of hydrogen-bond donors (Lipinski definition) is 1. The van der Waals surface area contributed by atoms with Crippen LogP contribution in [0.2, 0.25) is 5.02 Å². The second-order valence-corrected chi connectivity index (χ2v) is 8.02. The Kier molecular flexibility index (Phi) is 6.48. The lowest BCUT2D eigenvalue weighted by Gasteiger charge is -2.30. The molecule has 1 saturated heterocycles. The van der Waals surface area contributed by atoms with Gasteiger partial charge in [-0.2, -0.15) is 18.2 Å². The summed E-state index contributed by atoms with van der Waals surface area (Å²) in [7, 11) is 0. The van der Waals surface area contributed by atoms with Crippen LogP contribution >= 0.6 is 11.6 Å². The van der Waals surface area contributed by atoms with E-state index in [-0.39, 0.29) is 17.5 Å². The molecule has 0 unspecified atom stereocenters. The molecule has 168 valence electrons. The van der Waals surface area contributed by atoms with Gasteiger partial charge in [0.1, 0.15) is 0 Å². The molecule has 10 heteroatoms. The van der Waals surface area contributed by atoms with Gasteiger partial charge in [-0.1, -0.05) is 47.1 Å². The van der Waals surface area contributed by atoms with Crippen molar-refractivity contribution in [2.45, 2.75) is 25.6 Å². The fourth-order valence-corrected chi connectivity index (χ4v) is 3.86. The molecule has 0 spiro atoms. The third-order valence-electron chi connectivity index (χ3n) is 5.36. The Bertz CT molecular complexity index is 1080. The number of aromatic nitrogens is 2. The maximum absolute atomic E-state index is 13.0. The molecule has 1 fully saturated rings. The molecule has 2 heterocycles. The van der Waals surface area contributed by atoms with Crippen molar-refractivity contribution in [1.29, 1.82) is 0 Å². The Balaban J connectivity index is 1.30. The third-order valence-corrected chi connectivity index (χ3v) is 5.69. The lowest BCUT2D eigenvalue weighted by atomic mass is 9.95. The highest BCUT2D eigenvalue weighted by atomic mass is 35.5. The standard InChI is InChI=1S/C22H20ClF3N4O2/c23-18-7-6-16(12-17(18)22(24,25)26)27-21(31)15-8-10-30(11-9-15)13-19-28-20(29-32-19)14-4-2-1-3-5-14/h1-7,12,15H,8-11,13H2,(H,27,31). The minimum absolute atomic E-state index is 0.0773. The van der Waals surface area contributed by atoms with Gasteiger partial charge in [-0.25, -0.2) is 0 Å². The molecule has 0 atom stereocenters. The molecular formula is C22H20ClF3N4O2. The van der Waals surface area contributed by atoms with Crippen molar-refractivity contribution in [2.75, 3.05) is 18.4 Å². The van der Waals surface area contributed by atoms with Gasteiger partial charge in [0, 0.05) is 17.2 Å². The molecule has 0 radical (unpaired) electrons. The van der Waals surface area contributed by atoms with E-state index in [0.717, 1.165) is 17.7 Å². The van der Waals surface area contributed by atoms with Gasteiger partial charge in [0.05, 0.1) is 17.1 Å². The quantitative estimate of drug-likeness (QED) is 0.557. The van der Waals surface area contributed by atoms with Crippen molar-refractivity contribution < 1.29 is 22.5 Å². The number of nitrogens with one attached hydrogen (secondary N) is 1. The van der Waals surface area contributed by atoms with Gasteiger partial charge in [0.25, 0.3) is 0 Å². The number of anilines is 1. The molecule has 1 aliphatic heterocycles. The van der Waals surface area contributed by atoms with Crippen LogP contribution in [0.5, 0.6) is 0 Å². The molecule has 3 aromatic rings. The van der Waals surface area contributed by atoms with E-state index >= 15 is 0 Å². The first kappa shape index (κ1) is 22.3. The summed E-state index contributed by atoms with van der Waals surface area (Å²) in [5, 5.41) is 6.18. The highest BCUT2D eigenvalue weighted by Gasteiger charge is 2.34. The van der Waals surface area contributed by atoms with E-state index in [9.17, 15) is 18.0 Å². The molecular weight excluding hydrogens is 445 g/mol. The average molecular weight is 465 g/mol. The number of carbonyl (C=O) groups excluding carboxylic acids is 1. The van der Waals surface area contributed by atoms with Gasteiger partial charge in [-0.05, 0) is 44.1 Å².